The molecule has 3 heterocycles. The number of nitrogens with one attached hydrogen (secondary N) is 1. The highest BCUT2D eigenvalue weighted by molar-refractivity contribution is 6.28. The zero-order valence-corrected chi connectivity index (χ0v) is 11.0. The van der Waals surface area contributed by atoms with Gasteiger partial charge in [-0.2, -0.15) is 0 Å². The first-order valence-corrected chi connectivity index (χ1v) is 6.81. The molecule has 2 aliphatic heterocycles. The molecule has 5 nitrogen and oxygen atoms in total. The van der Waals surface area contributed by atoms with Crippen LogP contribution in [0.3, 0.4) is 0 Å². The molecule has 0 amide bonds. The van der Waals surface area contributed by atoms with Crippen molar-refractivity contribution in [2.75, 3.05) is 44.3 Å². The van der Waals surface area contributed by atoms with Gasteiger partial charge < -0.3 is 15.0 Å². The lowest BCUT2D eigenvalue weighted by Gasteiger charge is -2.29. The quantitative estimate of drug-likeness (QED) is 0.758. The molecule has 1 aromatic rings. The third-order valence-electron chi connectivity index (χ3n) is 3.44. The van der Waals surface area contributed by atoms with Crippen LogP contribution < -0.4 is 10.2 Å². The monoisotopic (exact) mass is 268 g/mol. The van der Waals surface area contributed by atoms with Crippen molar-refractivity contribution in [2.24, 2.45) is 0 Å². The van der Waals surface area contributed by atoms with Crippen LogP contribution in [0.5, 0.6) is 0 Å². The van der Waals surface area contributed by atoms with Gasteiger partial charge in [0.15, 0.2) is 0 Å². The van der Waals surface area contributed by atoms with E-state index in [0.717, 1.165) is 63.7 Å². The lowest BCUT2D eigenvalue weighted by molar-refractivity contribution is 0.122. The molecule has 1 fully saturated rings. The average molecular weight is 269 g/mol. The van der Waals surface area contributed by atoms with E-state index in [0.29, 0.717) is 5.28 Å². The predicted octanol–water partition coefficient (Wildman–Crippen LogP) is 0.655. The van der Waals surface area contributed by atoms with Crippen LogP contribution >= 0.6 is 11.6 Å². The van der Waals surface area contributed by atoms with Gasteiger partial charge in [-0.15, -0.1) is 0 Å². The van der Waals surface area contributed by atoms with Gasteiger partial charge in [0.05, 0.1) is 18.9 Å². The molecular formula is C12H17ClN4O. The molecule has 18 heavy (non-hydrogen) atoms. The number of aromatic nitrogens is 2. The van der Waals surface area contributed by atoms with Gasteiger partial charge >= 0.3 is 0 Å². The van der Waals surface area contributed by atoms with Crippen molar-refractivity contribution in [1.82, 2.24) is 15.3 Å². The highest BCUT2D eigenvalue weighted by Crippen LogP contribution is 2.25. The Bertz CT molecular complexity index is 434. The Morgan fingerprint density at radius 1 is 1.11 bits per heavy atom. The van der Waals surface area contributed by atoms with Gasteiger partial charge in [-0.05, 0) is 24.6 Å². The average Bonchev–Trinajstić information content (AvgIpc) is 2.64. The molecule has 0 atom stereocenters. The molecular weight excluding hydrogens is 252 g/mol. The molecule has 0 aromatic carbocycles. The maximum Gasteiger partial charge on any atom is 0.224 e. The molecule has 0 radical (unpaired) electrons. The van der Waals surface area contributed by atoms with E-state index in [4.69, 9.17) is 16.3 Å². The second kappa shape index (κ2) is 5.38. The fourth-order valence-corrected chi connectivity index (χ4v) is 2.71. The van der Waals surface area contributed by atoms with Crippen molar-refractivity contribution in [2.45, 2.75) is 12.8 Å². The minimum atomic E-state index is 0.358. The highest BCUT2D eigenvalue weighted by atomic mass is 35.5. The van der Waals surface area contributed by atoms with Crippen molar-refractivity contribution >= 4 is 17.4 Å². The van der Waals surface area contributed by atoms with Crippen LogP contribution in [0.2, 0.25) is 5.28 Å². The summed E-state index contributed by atoms with van der Waals surface area (Å²) in [7, 11) is 0. The third-order valence-corrected chi connectivity index (χ3v) is 3.61. The van der Waals surface area contributed by atoms with E-state index in [9.17, 15) is 0 Å². The lowest BCUT2D eigenvalue weighted by atomic mass is 10.1. The van der Waals surface area contributed by atoms with Crippen LogP contribution in [0.25, 0.3) is 0 Å². The summed E-state index contributed by atoms with van der Waals surface area (Å²) in [4.78, 5) is 11.1. The van der Waals surface area contributed by atoms with Crippen molar-refractivity contribution < 1.29 is 4.74 Å². The van der Waals surface area contributed by atoms with Crippen LogP contribution in [0.1, 0.15) is 11.3 Å². The second-order valence-electron chi connectivity index (χ2n) is 4.59. The topological polar surface area (TPSA) is 50.3 Å². The number of anilines is 1. The van der Waals surface area contributed by atoms with Crippen molar-refractivity contribution in [3.8, 4) is 0 Å². The molecule has 1 aromatic heterocycles. The van der Waals surface area contributed by atoms with Crippen molar-refractivity contribution in [3.63, 3.8) is 0 Å². The Balaban J connectivity index is 1.98. The van der Waals surface area contributed by atoms with Gasteiger partial charge in [0.2, 0.25) is 5.28 Å². The van der Waals surface area contributed by atoms with Crippen LogP contribution in [-0.4, -0.2) is 49.4 Å². The number of fused-ring (bicyclic) bond motifs is 1. The van der Waals surface area contributed by atoms with E-state index < -0.39 is 0 Å². The highest BCUT2D eigenvalue weighted by Gasteiger charge is 2.21. The van der Waals surface area contributed by atoms with E-state index in [1.54, 1.807) is 0 Å². The Labute approximate surface area is 112 Å². The van der Waals surface area contributed by atoms with Crippen molar-refractivity contribution in [3.05, 3.63) is 16.5 Å². The minimum Gasteiger partial charge on any atom is -0.378 e. The Hall–Kier alpha value is -0.910. The third kappa shape index (κ3) is 2.43. The predicted molar refractivity (Wildman–Crippen MR) is 70.4 cm³/mol. The summed E-state index contributed by atoms with van der Waals surface area (Å²) >= 11 is 6.05. The molecule has 1 N–H and O–H groups in total. The van der Waals surface area contributed by atoms with Gasteiger partial charge in [0.1, 0.15) is 5.82 Å². The van der Waals surface area contributed by atoms with E-state index in [1.807, 2.05) is 0 Å². The molecule has 0 spiro atoms. The SMILES string of the molecule is Clc1nc2c(c(N3CCOCC3)n1)CCNCC2. The first kappa shape index (κ1) is 12.1. The summed E-state index contributed by atoms with van der Waals surface area (Å²) in [5.41, 5.74) is 2.35. The zero-order chi connectivity index (χ0) is 12.4. The van der Waals surface area contributed by atoms with Gasteiger partial charge in [0.25, 0.3) is 0 Å². The number of rotatable bonds is 1. The Morgan fingerprint density at radius 3 is 2.72 bits per heavy atom. The van der Waals surface area contributed by atoms with Crippen molar-refractivity contribution in [1.29, 1.82) is 0 Å². The van der Waals surface area contributed by atoms with Gasteiger partial charge in [-0.3, -0.25) is 0 Å². The number of ether oxygens (including phenoxy) is 1. The van der Waals surface area contributed by atoms with Crippen LogP contribution in [0, 0.1) is 0 Å². The standard InChI is InChI=1S/C12H17ClN4O/c13-12-15-10-2-4-14-3-1-9(10)11(16-12)17-5-7-18-8-6-17/h14H,1-8H2. The summed E-state index contributed by atoms with van der Waals surface area (Å²) in [6.45, 7) is 5.22. The molecule has 0 saturated carbocycles. The Morgan fingerprint density at radius 2 is 1.89 bits per heavy atom. The normalized spacial score (nSPS) is 20.4. The summed E-state index contributed by atoms with van der Waals surface area (Å²) < 4.78 is 5.39. The summed E-state index contributed by atoms with van der Waals surface area (Å²) in [6, 6.07) is 0. The zero-order valence-electron chi connectivity index (χ0n) is 10.3. The number of hydrogen-bond acceptors (Lipinski definition) is 5. The molecule has 0 bridgehead atoms. The minimum absolute atomic E-state index is 0.358. The van der Waals surface area contributed by atoms with E-state index in [2.05, 4.69) is 20.2 Å². The summed E-state index contributed by atoms with van der Waals surface area (Å²) in [5.74, 6) is 1.01. The number of nitrogens with zero attached hydrogens (tertiary/aromatic N) is 3. The molecule has 1 saturated heterocycles. The van der Waals surface area contributed by atoms with E-state index >= 15 is 0 Å². The number of halogens is 1. The number of morpholine rings is 1. The Kier molecular flexibility index (Phi) is 3.63. The van der Waals surface area contributed by atoms with Crippen LogP contribution in [0.15, 0.2) is 0 Å². The van der Waals surface area contributed by atoms with E-state index in [1.165, 1.54) is 5.56 Å². The smallest absolute Gasteiger partial charge is 0.224 e. The van der Waals surface area contributed by atoms with Gasteiger partial charge in [-0.25, -0.2) is 9.97 Å². The summed E-state index contributed by atoms with van der Waals surface area (Å²) in [6.07, 6.45) is 1.90. The fraction of sp³-hybridized carbons (Fsp3) is 0.667. The molecule has 0 unspecified atom stereocenters. The lowest BCUT2D eigenvalue weighted by Crippen LogP contribution is -2.37. The number of hydrogen-bond donors (Lipinski definition) is 1. The maximum absolute atomic E-state index is 6.05. The fourth-order valence-electron chi connectivity index (χ4n) is 2.53. The first-order valence-electron chi connectivity index (χ1n) is 6.43. The molecule has 0 aliphatic carbocycles. The first-order chi connectivity index (χ1) is 8.84. The summed E-state index contributed by atoms with van der Waals surface area (Å²) in [5, 5.41) is 3.75. The molecule has 2 aliphatic rings. The van der Waals surface area contributed by atoms with Crippen LogP contribution in [-0.2, 0) is 17.6 Å². The maximum atomic E-state index is 6.05. The van der Waals surface area contributed by atoms with Gasteiger partial charge in [-0.1, -0.05) is 0 Å². The second-order valence-corrected chi connectivity index (χ2v) is 4.93. The van der Waals surface area contributed by atoms with E-state index in [-0.39, 0.29) is 0 Å². The van der Waals surface area contributed by atoms with Crippen LogP contribution in [0.4, 0.5) is 5.82 Å². The molecule has 3 rings (SSSR count). The molecule has 98 valence electrons. The largest absolute Gasteiger partial charge is 0.378 e. The van der Waals surface area contributed by atoms with Gasteiger partial charge in [0, 0.05) is 31.6 Å². The molecule has 6 heteroatoms.